The van der Waals surface area contributed by atoms with E-state index in [9.17, 15) is 0 Å². The van der Waals surface area contributed by atoms with Crippen molar-refractivity contribution in [3.63, 3.8) is 0 Å². The number of rotatable bonds is 8. The van der Waals surface area contributed by atoms with Crippen molar-refractivity contribution in [2.24, 2.45) is 0 Å². The molecular formula is C53H38N4O. The second-order valence-corrected chi connectivity index (χ2v) is 14.6. The second kappa shape index (κ2) is 14.8. The van der Waals surface area contributed by atoms with Crippen LogP contribution < -0.4 is 4.90 Å². The molecule has 276 valence electrons. The highest BCUT2D eigenvalue weighted by atomic mass is 16.3. The predicted molar refractivity (Wildman–Crippen MR) is 238 cm³/mol. The monoisotopic (exact) mass is 746 g/mol. The summed E-state index contributed by atoms with van der Waals surface area (Å²) >= 11 is 0. The maximum absolute atomic E-state index is 6.08. The molecule has 0 unspecified atom stereocenters. The molecule has 0 saturated heterocycles. The van der Waals surface area contributed by atoms with Crippen LogP contribution in [0.5, 0.6) is 0 Å². The van der Waals surface area contributed by atoms with Crippen LogP contribution in [0.2, 0.25) is 0 Å². The van der Waals surface area contributed by atoms with Crippen molar-refractivity contribution in [1.82, 2.24) is 15.0 Å². The van der Waals surface area contributed by atoms with E-state index >= 15 is 0 Å². The largest absolute Gasteiger partial charge is 0.436 e. The van der Waals surface area contributed by atoms with Crippen LogP contribution in [0.1, 0.15) is 11.1 Å². The molecule has 0 aliphatic carbocycles. The lowest BCUT2D eigenvalue weighted by Gasteiger charge is -2.26. The first-order chi connectivity index (χ1) is 28.6. The normalized spacial score (nSPS) is 11.3. The van der Waals surface area contributed by atoms with Crippen molar-refractivity contribution in [3.8, 4) is 56.2 Å². The Morgan fingerprint density at radius 3 is 1.33 bits per heavy atom. The Balaban J connectivity index is 1.11. The van der Waals surface area contributed by atoms with Crippen LogP contribution in [0.25, 0.3) is 78.4 Å². The zero-order valence-corrected chi connectivity index (χ0v) is 32.2. The molecule has 2 heterocycles. The molecule has 0 bridgehead atoms. The highest BCUT2D eigenvalue weighted by Crippen LogP contribution is 2.41. The molecule has 2 aromatic heterocycles. The summed E-state index contributed by atoms with van der Waals surface area (Å²) in [5.41, 5.74) is 17.8. The molecule has 0 fully saturated rings. The number of oxazole rings is 1. The number of benzene rings is 8. The van der Waals surface area contributed by atoms with Crippen LogP contribution in [0.15, 0.2) is 199 Å². The summed E-state index contributed by atoms with van der Waals surface area (Å²) in [7, 11) is 0. The number of anilines is 3. The third kappa shape index (κ3) is 6.59. The summed E-state index contributed by atoms with van der Waals surface area (Å²) in [5, 5.41) is 0. The zero-order valence-electron chi connectivity index (χ0n) is 32.2. The van der Waals surface area contributed by atoms with E-state index in [-0.39, 0.29) is 0 Å². The Labute approximate surface area is 337 Å². The van der Waals surface area contributed by atoms with Gasteiger partial charge in [0.1, 0.15) is 5.52 Å². The molecule has 58 heavy (non-hydrogen) atoms. The maximum atomic E-state index is 6.08. The Bertz CT molecular complexity index is 3000. The first-order valence-corrected chi connectivity index (χ1v) is 19.5. The summed E-state index contributed by atoms with van der Waals surface area (Å²) in [5.74, 6) is 0.602. The Kier molecular flexibility index (Phi) is 8.88. The molecule has 5 nitrogen and oxygen atoms in total. The van der Waals surface area contributed by atoms with Crippen molar-refractivity contribution in [1.29, 1.82) is 0 Å². The lowest BCUT2D eigenvalue weighted by Crippen LogP contribution is -2.09. The smallest absolute Gasteiger partial charge is 0.227 e. The van der Waals surface area contributed by atoms with Crippen molar-refractivity contribution in [2.45, 2.75) is 13.8 Å². The minimum atomic E-state index is 0.602. The zero-order chi connectivity index (χ0) is 39.0. The molecular weight excluding hydrogens is 709 g/mol. The molecule has 0 atom stereocenters. The highest BCUT2D eigenvalue weighted by Gasteiger charge is 2.20. The van der Waals surface area contributed by atoms with E-state index in [1.807, 2.05) is 36.4 Å². The van der Waals surface area contributed by atoms with Gasteiger partial charge < -0.3 is 9.32 Å². The van der Waals surface area contributed by atoms with Gasteiger partial charge in [-0.2, -0.15) is 0 Å². The van der Waals surface area contributed by atoms with Crippen LogP contribution >= 0.6 is 0 Å². The summed E-state index contributed by atoms with van der Waals surface area (Å²) in [4.78, 5) is 18.1. The van der Waals surface area contributed by atoms with E-state index in [0.717, 1.165) is 89.5 Å². The average molecular weight is 747 g/mol. The number of aryl methyl sites for hydroxylation is 2. The van der Waals surface area contributed by atoms with Gasteiger partial charge in [-0.1, -0.05) is 145 Å². The predicted octanol–water partition coefficient (Wildman–Crippen LogP) is 14.2. The minimum Gasteiger partial charge on any atom is -0.436 e. The SMILES string of the molecule is Cc1ccc(-c2ccc(-c3ccc(C)cc3)c3nc(-c4ccc(N(c5ccccc5)c5ccc(-c6nc7ccccc7o6)cc5)cc4)c(-c4ccccc4)nc23)cc1. The van der Waals surface area contributed by atoms with Gasteiger partial charge in [0.2, 0.25) is 5.89 Å². The number of hydrogen-bond acceptors (Lipinski definition) is 5. The fourth-order valence-electron chi connectivity index (χ4n) is 7.61. The van der Waals surface area contributed by atoms with Crippen LogP contribution in [0.4, 0.5) is 17.1 Å². The molecule has 10 rings (SSSR count). The van der Waals surface area contributed by atoms with E-state index in [0.29, 0.717) is 5.89 Å². The summed E-state index contributed by atoms with van der Waals surface area (Å²) < 4.78 is 6.08. The lowest BCUT2D eigenvalue weighted by molar-refractivity contribution is 0.620. The van der Waals surface area contributed by atoms with Crippen molar-refractivity contribution < 1.29 is 4.42 Å². The lowest BCUT2D eigenvalue weighted by atomic mass is 9.95. The number of nitrogens with zero attached hydrogens (tertiary/aromatic N) is 4. The standard InChI is InChI=1S/C53H38N4O/c1-35-17-21-37(22-18-35)45-33-34-46(38-23-19-36(2)20-24-38)52-51(45)55-49(39-11-5-3-6-12-39)50(56-52)40-25-29-43(30-26-40)57(42-13-7-4-8-14-42)44-31-27-41(28-32-44)53-54-47-15-9-10-16-48(47)58-53/h3-34H,1-2H3. The van der Waals surface area contributed by atoms with Crippen LogP contribution in [0, 0.1) is 13.8 Å². The van der Waals surface area contributed by atoms with Crippen molar-refractivity contribution >= 4 is 39.2 Å². The summed E-state index contributed by atoms with van der Waals surface area (Å²) in [6.07, 6.45) is 0. The minimum absolute atomic E-state index is 0.602. The Morgan fingerprint density at radius 1 is 0.362 bits per heavy atom. The second-order valence-electron chi connectivity index (χ2n) is 14.6. The first kappa shape index (κ1) is 34.8. The summed E-state index contributed by atoms with van der Waals surface area (Å²) in [6, 6.07) is 67.4. The molecule has 8 aromatic carbocycles. The molecule has 0 saturated carbocycles. The quantitative estimate of drug-likeness (QED) is 0.155. The average Bonchev–Trinajstić information content (AvgIpc) is 3.72. The molecule has 5 heteroatoms. The number of para-hydroxylation sites is 3. The molecule has 0 N–H and O–H groups in total. The molecule has 0 spiro atoms. The van der Waals surface area contributed by atoms with Crippen molar-refractivity contribution in [2.75, 3.05) is 4.90 Å². The van der Waals surface area contributed by atoms with Gasteiger partial charge in [0.15, 0.2) is 5.58 Å². The molecule has 0 aliphatic rings. The van der Waals surface area contributed by atoms with Gasteiger partial charge in [-0.3, -0.25) is 0 Å². The van der Waals surface area contributed by atoms with Gasteiger partial charge in [0.05, 0.1) is 22.4 Å². The Hall–Kier alpha value is -7.63. The van der Waals surface area contributed by atoms with Gasteiger partial charge >= 0.3 is 0 Å². The molecule has 0 aliphatic heterocycles. The topological polar surface area (TPSA) is 55.1 Å². The number of aromatic nitrogens is 3. The van der Waals surface area contributed by atoms with Crippen molar-refractivity contribution in [3.05, 3.63) is 205 Å². The maximum Gasteiger partial charge on any atom is 0.227 e. The van der Waals surface area contributed by atoms with E-state index in [1.54, 1.807) is 0 Å². The third-order valence-electron chi connectivity index (χ3n) is 10.7. The van der Waals surface area contributed by atoms with Gasteiger partial charge in [0, 0.05) is 44.9 Å². The van der Waals surface area contributed by atoms with Gasteiger partial charge in [0.25, 0.3) is 0 Å². The number of hydrogen-bond donors (Lipinski definition) is 0. The Morgan fingerprint density at radius 2 is 0.793 bits per heavy atom. The fourth-order valence-corrected chi connectivity index (χ4v) is 7.61. The first-order valence-electron chi connectivity index (χ1n) is 19.5. The van der Waals surface area contributed by atoms with E-state index in [1.165, 1.54) is 11.1 Å². The summed E-state index contributed by atoms with van der Waals surface area (Å²) in [6.45, 7) is 4.23. The van der Waals surface area contributed by atoms with E-state index < -0.39 is 0 Å². The molecule has 0 radical (unpaired) electrons. The van der Waals surface area contributed by atoms with Gasteiger partial charge in [-0.25, -0.2) is 15.0 Å². The number of fused-ring (bicyclic) bond motifs is 2. The van der Waals surface area contributed by atoms with Crippen LogP contribution in [0.3, 0.4) is 0 Å². The van der Waals surface area contributed by atoms with Gasteiger partial charge in [-0.05, 0) is 85.6 Å². The molecule has 0 amide bonds. The third-order valence-corrected chi connectivity index (χ3v) is 10.7. The van der Waals surface area contributed by atoms with E-state index in [2.05, 4.69) is 176 Å². The molecule has 10 aromatic rings. The fraction of sp³-hybridized carbons (Fsp3) is 0.0377. The van der Waals surface area contributed by atoms with E-state index in [4.69, 9.17) is 19.4 Å². The highest BCUT2D eigenvalue weighted by molar-refractivity contribution is 6.03. The van der Waals surface area contributed by atoms with Crippen LogP contribution in [-0.2, 0) is 0 Å². The van der Waals surface area contributed by atoms with Gasteiger partial charge in [-0.15, -0.1) is 0 Å². The van der Waals surface area contributed by atoms with Crippen LogP contribution in [-0.4, -0.2) is 15.0 Å².